The molecule has 1 N–H and O–H groups in total. The van der Waals surface area contributed by atoms with Gasteiger partial charge in [0.05, 0.1) is 16.5 Å². The van der Waals surface area contributed by atoms with E-state index < -0.39 is 0 Å². The average molecular weight is 283 g/mol. The number of nitrogens with zero attached hydrogens (tertiary/aromatic N) is 2. The van der Waals surface area contributed by atoms with Gasteiger partial charge in [-0.2, -0.15) is 5.26 Å². The molecule has 6 heteroatoms. The number of allylic oxidation sites excluding steroid dienone is 2. The van der Waals surface area contributed by atoms with Gasteiger partial charge in [0.2, 0.25) is 0 Å². The molecule has 86 valence electrons. The number of thiophene rings is 1. The van der Waals surface area contributed by atoms with Gasteiger partial charge in [-0.3, -0.25) is 0 Å². The first-order valence-corrected chi connectivity index (χ1v) is 6.93. The van der Waals surface area contributed by atoms with Crippen molar-refractivity contribution in [2.24, 2.45) is 0 Å². The van der Waals surface area contributed by atoms with Crippen molar-refractivity contribution < 1.29 is 5.11 Å². The average Bonchev–Trinajstić information content (AvgIpc) is 2.99. The molecule has 2 rings (SSSR count). The predicted octanol–water partition coefficient (Wildman–Crippen LogP) is 3.90. The van der Waals surface area contributed by atoms with Crippen molar-refractivity contribution in [3.63, 3.8) is 0 Å². The summed E-state index contributed by atoms with van der Waals surface area (Å²) in [4.78, 5) is 5.36. The molecule has 0 aliphatic rings. The number of aliphatic hydroxyl groups is 1. The normalized spacial score (nSPS) is 12.0. The van der Waals surface area contributed by atoms with Crippen molar-refractivity contribution in [1.82, 2.24) is 4.98 Å². The van der Waals surface area contributed by atoms with Gasteiger partial charge in [-0.25, -0.2) is 4.98 Å². The fourth-order valence-corrected chi connectivity index (χ4v) is 2.96. The summed E-state index contributed by atoms with van der Waals surface area (Å²) in [7, 11) is 0. The van der Waals surface area contributed by atoms with Crippen molar-refractivity contribution in [2.45, 2.75) is 0 Å². The van der Waals surface area contributed by atoms with Gasteiger partial charge in [-0.05, 0) is 11.4 Å². The Balaban J connectivity index is 2.40. The van der Waals surface area contributed by atoms with Crippen molar-refractivity contribution in [3.05, 3.63) is 33.7 Å². The summed E-state index contributed by atoms with van der Waals surface area (Å²) >= 11 is 8.40. The Bertz CT molecular complexity index is 581. The number of rotatable bonds is 3. The van der Waals surface area contributed by atoms with Crippen LogP contribution in [0.5, 0.6) is 0 Å². The van der Waals surface area contributed by atoms with Crippen LogP contribution in [-0.2, 0) is 0 Å². The number of hydrogen-bond acceptors (Lipinski definition) is 5. The molecule has 2 aromatic heterocycles. The quantitative estimate of drug-likeness (QED) is 0.528. The molecule has 0 saturated carbocycles. The van der Waals surface area contributed by atoms with Crippen LogP contribution in [0.15, 0.2) is 28.7 Å². The minimum atomic E-state index is -0.138. The number of halogens is 1. The number of aliphatic hydroxyl groups excluding tert-OH is 1. The van der Waals surface area contributed by atoms with Crippen LogP contribution in [0.3, 0.4) is 0 Å². The Morgan fingerprint density at radius 1 is 1.53 bits per heavy atom. The van der Waals surface area contributed by atoms with Crippen molar-refractivity contribution in [3.8, 4) is 16.6 Å². The fourth-order valence-electron chi connectivity index (χ4n) is 1.23. The molecular weight excluding hydrogens is 276 g/mol. The van der Waals surface area contributed by atoms with Gasteiger partial charge in [-0.1, -0.05) is 6.07 Å². The Morgan fingerprint density at radius 2 is 2.35 bits per heavy atom. The Hall–Kier alpha value is -1.35. The fraction of sp³-hybridized carbons (Fsp3) is 0.0909. The molecule has 0 amide bonds. The molecule has 0 aliphatic carbocycles. The number of thiazole rings is 1. The van der Waals surface area contributed by atoms with Gasteiger partial charge in [0.25, 0.3) is 0 Å². The first-order valence-electron chi connectivity index (χ1n) is 4.64. The Morgan fingerprint density at radius 3 is 2.94 bits per heavy atom. The predicted molar refractivity (Wildman–Crippen MR) is 71.3 cm³/mol. The third kappa shape index (κ3) is 2.50. The van der Waals surface area contributed by atoms with E-state index in [2.05, 4.69) is 4.98 Å². The Labute approximate surface area is 111 Å². The summed E-state index contributed by atoms with van der Waals surface area (Å²) in [5.41, 5.74) is 0.961. The highest BCUT2D eigenvalue weighted by Gasteiger charge is 2.13. The van der Waals surface area contributed by atoms with E-state index in [-0.39, 0.29) is 17.2 Å². The van der Waals surface area contributed by atoms with E-state index in [1.165, 1.54) is 11.3 Å². The molecule has 0 fully saturated rings. The van der Waals surface area contributed by atoms with Gasteiger partial charge in [-0.15, -0.1) is 34.3 Å². The second-order valence-electron chi connectivity index (χ2n) is 3.08. The maximum Gasteiger partial charge on any atom is 0.138 e. The summed E-state index contributed by atoms with van der Waals surface area (Å²) in [6.07, 6.45) is 0. The SMILES string of the molecule is N#C/C(=C(\O)CCl)c1nc(-c2cccs2)cs1. The molecule has 2 aromatic rings. The minimum Gasteiger partial charge on any atom is -0.510 e. The number of hydrogen-bond donors (Lipinski definition) is 1. The van der Waals surface area contributed by atoms with Crippen LogP contribution in [0.2, 0.25) is 0 Å². The first-order chi connectivity index (χ1) is 8.26. The van der Waals surface area contributed by atoms with Crippen LogP contribution in [0, 0.1) is 11.3 Å². The lowest BCUT2D eigenvalue weighted by Gasteiger charge is -1.96. The Kier molecular flexibility index (Phi) is 3.79. The van der Waals surface area contributed by atoms with Crippen LogP contribution in [0.4, 0.5) is 0 Å². The molecule has 2 heterocycles. The molecule has 0 bridgehead atoms. The first kappa shape index (κ1) is 12.1. The zero-order valence-corrected chi connectivity index (χ0v) is 10.9. The van der Waals surface area contributed by atoms with Gasteiger partial charge in [0, 0.05) is 5.38 Å². The van der Waals surface area contributed by atoms with E-state index in [0.717, 1.165) is 10.6 Å². The monoisotopic (exact) mass is 282 g/mol. The summed E-state index contributed by atoms with van der Waals surface area (Å²) in [6, 6.07) is 5.82. The highest BCUT2D eigenvalue weighted by atomic mass is 35.5. The van der Waals surface area contributed by atoms with E-state index in [4.69, 9.17) is 16.9 Å². The lowest BCUT2D eigenvalue weighted by Crippen LogP contribution is -1.90. The summed E-state index contributed by atoms with van der Waals surface area (Å²) in [6.45, 7) is 0. The third-order valence-corrected chi connectivity index (χ3v) is 4.02. The van der Waals surface area contributed by atoms with Crippen molar-refractivity contribution in [2.75, 3.05) is 5.88 Å². The molecule has 0 atom stereocenters. The van der Waals surface area contributed by atoms with Gasteiger partial charge in [0.1, 0.15) is 22.4 Å². The van der Waals surface area contributed by atoms with Crippen LogP contribution in [-0.4, -0.2) is 16.0 Å². The van der Waals surface area contributed by atoms with E-state index in [9.17, 15) is 5.11 Å². The summed E-state index contributed by atoms with van der Waals surface area (Å²) in [5, 5.41) is 22.8. The standard InChI is InChI=1S/C11H7ClN2OS2/c12-4-9(15)7(5-13)11-14-8(6-17-11)10-2-1-3-16-10/h1-3,6,15H,4H2/b9-7+. The number of alkyl halides is 1. The zero-order valence-electron chi connectivity index (χ0n) is 8.55. The van der Waals surface area contributed by atoms with E-state index in [1.807, 2.05) is 29.0 Å². The molecular formula is C11H7ClN2OS2. The van der Waals surface area contributed by atoms with Crippen LogP contribution in [0.1, 0.15) is 5.01 Å². The third-order valence-electron chi connectivity index (χ3n) is 2.02. The molecule has 0 unspecified atom stereocenters. The highest BCUT2D eigenvalue weighted by Crippen LogP contribution is 2.29. The maximum atomic E-state index is 9.51. The largest absolute Gasteiger partial charge is 0.510 e. The second-order valence-corrected chi connectivity index (χ2v) is 5.16. The smallest absolute Gasteiger partial charge is 0.138 e. The molecule has 0 saturated heterocycles. The number of aromatic nitrogens is 1. The second kappa shape index (κ2) is 5.32. The maximum absolute atomic E-state index is 9.51. The van der Waals surface area contributed by atoms with E-state index >= 15 is 0 Å². The molecule has 0 aromatic carbocycles. The highest BCUT2D eigenvalue weighted by molar-refractivity contribution is 7.14. The molecule has 17 heavy (non-hydrogen) atoms. The van der Waals surface area contributed by atoms with Crippen LogP contribution < -0.4 is 0 Å². The summed E-state index contributed by atoms with van der Waals surface area (Å²) in [5.74, 6) is -0.224. The lowest BCUT2D eigenvalue weighted by atomic mass is 10.2. The van der Waals surface area contributed by atoms with Crippen molar-refractivity contribution in [1.29, 1.82) is 5.26 Å². The van der Waals surface area contributed by atoms with Gasteiger partial charge in [0.15, 0.2) is 0 Å². The minimum absolute atomic E-state index is 0.0865. The summed E-state index contributed by atoms with van der Waals surface area (Å²) < 4.78 is 0. The molecule has 0 spiro atoms. The molecule has 3 nitrogen and oxygen atoms in total. The lowest BCUT2D eigenvalue weighted by molar-refractivity contribution is 0.420. The topological polar surface area (TPSA) is 56.9 Å². The molecule has 0 aliphatic heterocycles. The van der Waals surface area contributed by atoms with E-state index in [1.54, 1.807) is 11.3 Å². The van der Waals surface area contributed by atoms with Crippen molar-refractivity contribution >= 4 is 39.8 Å². The molecule has 0 radical (unpaired) electrons. The van der Waals surface area contributed by atoms with Crippen LogP contribution >= 0.6 is 34.3 Å². The zero-order chi connectivity index (χ0) is 12.3. The number of nitriles is 1. The van der Waals surface area contributed by atoms with Crippen LogP contribution in [0.25, 0.3) is 16.1 Å². The van der Waals surface area contributed by atoms with Gasteiger partial charge >= 0.3 is 0 Å². The van der Waals surface area contributed by atoms with Gasteiger partial charge < -0.3 is 5.11 Å². The van der Waals surface area contributed by atoms with E-state index in [0.29, 0.717) is 5.01 Å².